The summed E-state index contributed by atoms with van der Waals surface area (Å²) in [5.41, 5.74) is 9.75. The van der Waals surface area contributed by atoms with Crippen LogP contribution in [0.2, 0.25) is 0 Å². The van der Waals surface area contributed by atoms with Crippen LogP contribution in [0.1, 0.15) is 47.8 Å². The summed E-state index contributed by atoms with van der Waals surface area (Å²) in [6, 6.07) is 15.6. The first-order valence-electron chi connectivity index (χ1n) is 12.7. The second-order valence-electron chi connectivity index (χ2n) is 10.1. The number of benzene rings is 2. The van der Waals surface area contributed by atoms with Gasteiger partial charge in [0, 0.05) is 52.7 Å². The lowest BCUT2D eigenvalue weighted by Gasteiger charge is -2.27. The van der Waals surface area contributed by atoms with E-state index in [1.165, 1.54) is 69.1 Å². The molecule has 0 saturated carbocycles. The highest BCUT2D eigenvalue weighted by molar-refractivity contribution is 5.87. The van der Waals surface area contributed by atoms with Crippen molar-refractivity contribution in [3.8, 4) is 0 Å². The number of likely N-dealkylation sites (N-methyl/N-ethyl adjacent to an activating group) is 1. The average molecular weight is 478 g/mol. The van der Waals surface area contributed by atoms with Gasteiger partial charge in [0.25, 0.3) is 0 Å². The van der Waals surface area contributed by atoms with Gasteiger partial charge < -0.3 is 14.2 Å². The van der Waals surface area contributed by atoms with Crippen molar-refractivity contribution in [2.75, 3.05) is 13.1 Å². The standard InChI is InChI=1S/C29H35N3O.ClH/c1-3-30-15-14-29-25(19-30)24-16-20(2)12-13-28(24)32(29)18-21(33)17-31-26-10-6-4-8-22(26)23-9-5-7-11-27(23)31;/h4,6,8,10,12-13,16,21,33H,3,5,7,9,11,14-15,17-19H2,1-2H3;1H. The first-order chi connectivity index (χ1) is 16.1. The molecule has 180 valence electrons. The number of hydrogen-bond donors (Lipinski definition) is 1. The molecule has 0 amide bonds. The molecule has 2 aliphatic rings. The summed E-state index contributed by atoms with van der Waals surface area (Å²) in [5, 5.41) is 14.2. The van der Waals surface area contributed by atoms with Crippen LogP contribution in [0.4, 0.5) is 0 Å². The van der Waals surface area contributed by atoms with Crippen LogP contribution in [0.3, 0.4) is 0 Å². The lowest BCUT2D eigenvalue weighted by molar-refractivity contribution is 0.134. The highest BCUT2D eigenvalue weighted by atomic mass is 35.5. The summed E-state index contributed by atoms with van der Waals surface area (Å²) in [6.07, 6.45) is 5.47. The molecule has 0 radical (unpaired) electrons. The molecule has 6 rings (SSSR count). The highest BCUT2D eigenvalue weighted by Crippen LogP contribution is 2.34. The second-order valence-corrected chi connectivity index (χ2v) is 10.1. The minimum atomic E-state index is -0.419. The number of nitrogens with zero attached hydrogens (tertiary/aromatic N) is 3. The van der Waals surface area contributed by atoms with Gasteiger partial charge in [0.2, 0.25) is 0 Å². The van der Waals surface area contributed by atoms with E-state index in [9.17, 15) is 5.11 Å². The molecule has 1 aliphatic carbocycles. The van der Waals surface area contributed by atoms with Crippen LogP contribution in [0, 0.1) is 6.92 Å². The average Bonchev–Trinajstić information content (AvgIpc) is 3.31. The van der Waals surface area contributed by atoms with Crippen molar-refractivity contribution in [2.45, 2.75) is 71.7 Å². The zero-order chi connectivity index (χ0) is 22.5. The van der Waals surface area contributed by atoms with E-state index >= 15 is 0 Å². The molecule has 1 atom stereocenters. The van der Waals surface area contributed by atoms with Gasteiger partial charge in [-0.2, -0.15) is 0 Å². The monoisotopic (exact) mass is 477 g/mol. The molecule has 3 heterocycles. The lowest BCUT2D eigenvalue weighted by atomic mass is 9.95. The Balaban J connectivity index is 0.00000241. The molecule has 2 aromatic carbocycles. The minimum absolute atomic E-state index is 0. The summed E-state index contributed by atoms with van der Waals surface area (Å²) in [6.45, 7) is 8.96. The van der Waals surface area contributed by atoms with Crippen molar-refractivity contribution >= 4 is 34.2 Å². The Hall–Kier alpha value is -2.27. The van der Waals surface area contributed by atoms with Gasteiger partial charge in [-0.1, -0.05) is 36.8 Å². The third kappa shape index (κ3) is 3.86. The molecule has 4 aromatic rings. The maximum absolute atomic E-state index is 11.4. The van der Waals surface area contributed by atoms with Gasteiger partial charge in [-0.15, -0.1) is 12.4 Å². The van der Waals surface area contributed by atoms with Gasteiger partial charge in [0.1, 0.15) is 0 Å². The number of hydrogen-bond acceptors (Lipinski definition) is 2. The lowest BCUT2D eigenvalue weighted by Crippen LogP contribution is -2.32. The summed E-state index contributed by atoms with van der Waals surface area (Å²) in [7, 11) is 0. The van der Waals surface area contributed by atoms with Gasteiger partial charge in [-0.25, -0.2) is 0 Å². The molecule has 0 spiro atoms. The fourth-order valence-corrected chi connectivity index (χ4v) is 6.37. The van der Waals surface area contributed by atoms with E-state index in [1.807, 2.05) is 0 Å². The van der Waals surface area contributed by atoms with Gasteiger partial charge in [0.15, 0.2) is 0 Å². The number of aliphatic hydroxyl groups excluding tert-OH is 1. The molecular weight excluding hydrogens is 442 g/mol. The number of halogens is 1. The summed E-state index contributed by atoms with van der Waals surface area (Å²) in [4.78, 5) is 2.53. The third-order valence-corrected chi connectivity index (χ3v) is 8.01. The van der Waals surface area contributed by atoms with E-state index in [4.69, 9.17) is 0 Å². The molecule has 0 saturated heterocycles. The zero-order valence-electron chi connectivity index (χ0n) is 20.4. The SMILES string of the molecule is CCN1CCc2c(c3cc(C)ccc3n2CC(O)Cn2c3c(c4ccccc42)CCCC3)C1.Cl. The Bertz CT molecular complexity index is 1330. The predicted octanol–water partition coefficient (Wildman–Crippen LogP) is 5.64. The van der Waals surface area contributed by atoms with E-state index in [1.54, 1.807) is 0 Å². The molecule has 1 N–H and O–H groups in total. The fourth-order valence-electron chi connectivity index (χ4n) is 6.37. The van der Waals surface area contributed by atoms with Crippen LogP contribution < -0.4 is 0 Å². The van der Waals surface area contributed by atoms with Crippen LogP contribution in [0.15, 0.2) is 42.5 Å². The molecule has 1 aliphatic heterocycles. The first-order valence-corrected chi connectivity index (χ1v) is 12.7. The van der Waals surface area contributed by atoms with Crippen molar-refractivity contribution in [3.63, 3.8) is 0 Å². The maximum Gasteiger partial charge on any atom is 0.0897 e. The van der Waals surface area contributed by atoms with E-state index in [2.05, 4.69) is 70.3 Å². The summed E-state index contributed by atoms with van der Waals surface area (Å²) in [5.74, 6) is 0. The number of rotatable bonds is 5. The summed E-state index contributed by atoms with van der Waals surface area (Å²) >= 11 is 0. The van der Waals surface area contributed by atoms with Crippen molar-refractivity contribution in [1.82, 2.24) is 14.0 Å². The van der Waals surface area contributed by atoms with E-state index in [0.29, 0.717) is 13.1 Å². The van der Waals surface area contributed by atoms with Crippen LogP contribution >= 0.6 is 12.4 Å². The minimum Gasteiger partial charge on any atom is -0.389 e. The van der Waals surface area contributed by atoms with Crippen molar-refractivity contribution in [1.29, 1.82) is 0 Å². The van der Waals surface area contributed by atoms with Crippen molar-refractivity contribution in [2.24, 2.45) is 0 Å². The third-order valence-electron chi connectivity index (χ3n) is 8.01. The van der Waals surface area contributed by atoms with Crippen molar-refractivity contribution < 1.29 is 5.11 Å². The Morgan fingerprint density at radius 2 is 1.56 bits per heavy atom. The van der Waals surface area contributed by atoms with Crippen LogP contribution in [0.25, 0.3) is 21.8 Å². The quantitative estimate of drug-likeness (QED) is 0.403. The fraction of sp³-hybridized carbons (Fsp3) is 0.448. The van der Waals surface area contributed by atoms with Crippen molar-refractivity contribution in [3.05, 3.63) is 70.5 Å². The largest absolute Gasteiger partial charge is 0.389 e. The molecule has 5 heteroatoms. The van der Waals surface area contributed by atoms with E-state index < -0.39 is 6.10 Å². The smallest absolute Gasteiger partial charge is 0.0897 e. The van der Waals surface area contributed by atoms with Crippen LogP contribution in [-0.2, 0) is 38.9 Å². The molecule has 2 aromatic heterocycles. The van der Waals surface area contributed by atoms with E-state index in [0.717, 1.165) is 32.5 Å². The normalized spacial score (nSPS) is 16.9. The number of aliphatic hydroxyl groups is 1. The van der Waals surface area contributed by atoms with Gasteiger partial charge in [0.05, 0.1) is 19.2 Å². The zero-order valence-corrected chi connectivity index (χ0v) is 21.2. The van der Waals surface area contributed by atoms with E-state index in [-0.39, 0.29) is 12.4 Å². The van der Waals surface area contributed by atoms with Crippen LogP contribution in [-0.4, -0.2) is 38.3 Å². The predicted molar refractivity (Wildman–Crippen MR) is 143 cm³/mol. The molecule has 0 fully saturated rings. The Labute approximate surface area is 208 Å². The number of aromatic nitrogens is 2. The number of para-hydroxylation sites is 1. The molecule has 0 bridgehead atoms. The molecule has 1 unspecified atom stereocenters. The molecule has 34 heavy (non-hydrogen) atoms. The first kappa shape index (κ1) is 23.5. The Morgan fingerprint density at radius 1 is 0.853 bits per heavy atom. The highest BCUT2D eigenvalue weighted by Gasteiger charge is 2.26. The number of aryl methyl sites for hydroxylation is 2. The topological polar surface area (TPSA) is 33.3 Å². The van der Waals surface area contributed by atoms with Gasteiger partial charge in [-0.3, -0.25) is 4.90 Å². The van der Waals surface area contributed by atoms with Gasteiger partial charge >= 0.3 is 0 Å². The Kier molecular flexibility index (Phi) is 6.49. The maximum atomic E-state index is 11.4. The number of fused-ring (bicyclic) bond motifs is 6. The molecular formula is C29H36ClN3O. The Morgan fingerprint density at radius 3 is 2.35 bits per heavy atom. The van der Waals surface area contributed by atoms with Gasteiger partial charge in [-0.05, 0) is 68.5 Å². The summed E-state index contributed by atoms with van der Waals surface area (Å²) < 4.78 is 4.86. The second kappa shape index (κ2) is 9.41. The molecule has 4 nitrogen and oxygen atoms in total. The van der Waals surface area contributed by atoms with Crippen LogP contribution in [0.5, 0.6) is 0 Å².